The van der Waals surface area contributed by atoms with Gasteiger partial charge < -0.3 is 14.9 Å². The number of rotatable bonds is 4. The average Bonchev–Trinajstić information content (AvgIpc) is 2.72. The fourth-order valence-electron chi connectivity index (χ4n) is 2.04. The quantitative estimate of drug-likeness (QED) is 0.837. The highest BCUT2D eigenvalue weighted by Gasteiger charge is 2.21. The Hall–Kier alpha value is -2.35. The third kappa shape index (κ3) is 2.49. The Balaban J connectivity index is 2.80. The number of aromatic carboxylic acids is 1. The number of aryl methyl sites for hydroxylation is 1. The summed E-state index contributed by atoms with van der Waals surface area (Å²) in [5.74, 6) is -1.39. The number of nitrogens with one attached hydrogen (secondary N) is 1. The van der Waals surface area contributed by atoms with Gasteiger partial charge in [0.2, 0.25) is 15.8 Å². The average molecular weight is 310 g/mol. The van der Waals surface area contributed by atoms with Crippen molar-refractivity contribution in [3.05, 3.63) is 29.0 Å². The first kappa shape index (κ1) is 15.0. The number of fused-ring (bicyclic) bond motifs is 1. The third-order valence-corrected chi connectivity index (χ3v) is 4.46. The van der Waals surface area contributed by atoms with Gasteiger partial charge in [0.25, 0.3) is 0 Å². The number of hydrogen-bond donors (Lipinski definition) is 2. The van der Waals surface area contributed by atoms with Crippen molar-refractivity contribution < 1.29 is 22.7 Å². The first-order chi connectivity index (χ1) is 9.66. The molecular weight excluding hydrogens is 296 g/mol. The normalized spacial score (nSPS) is 11.6. The number of hydrogen-bond acceptors (Lipinski definition) is 5. The molecule has 112 valence electrons. The van der Waals surface area contributed by atoms with Crippen LogP contribution in [0, 0.1) is 12.3 Å². The monoisotopic (exact) mass is 310 g/mol. The summed E-state index contributed by atoms with van der Waals surface area (Å²) in [6.45, 7) is 1.60. The van der Waals surface area contributed by atoms with Crippen molar-refractivity contribution in [1.82, 2.24) is 0 Å². The maximum absolute atomic E-state index is 11.6. The molecular formula is C13H14N2O5S. The molecule has 2 N–H and O–H groups in total. The standard InChI is InChI=1S/C13H14N2O5S/c1-7-9-4-8(6-14)10(15(2)21(3,18)19)5-11(9)20-12(7)13(16)17/h4-6,14H,1-3H3,(H,16,17). The van der Waals surface area contributed by atoms with Crippen LogP contribution in [0.2, 0.25) is 0 Å². The molecule has 1 heterocycles. The van der Waals surface area contributed by atoms with E-state index in [0.29, 0.717) is 16.5 Å². The lowest BCUT2D eigenvalue weighted by molar-refractivity contribution is 0.0664. The molecule has 0 bridgehead atoms. The maximum Gasteiger partial charge on any atom is 0.372 e. The molecule has 0 unspecified atom stereocenters. The van der Waals surface area contributed by atoms with Crippen LogP contribution in [0.3, 0.4) is 0 Å². The van der Waals surface area contributed by atoms with Gasteiger partial charge in [-0.25, -0.2) is 13.2 Å². The van der Waals surface area contributed by atoms with E-state index in [9.17, 15) is 13.2 Å². The lowest BCUT2D eigenvalue weighted by Gasteiger charge is -2.18. The Labute approximate surface area is 121 Å². The fraction of sp³-hybridized carbons (Fsp3) is 0.231. The van der Waals surface area contributed by atoms with Gasteiger partial charge in [0.1, 0.15) is 5.58 Å². The van der Waals surface area contributed by atoms with Crippen molar-refractivity contribution in [1.29, 1.82) is 5.41 Å². The lowest BCUT2D eigenvalue weighted by atomic mass is 10.1. The summed E-state index contributed by atoms with van der Waals surface area (Å²) in [5.41, 5.74) is 1.32. The van der Waals surface area contributed by atoms with Crippen LogP contribution in [-0.2, 0) is 10.0 Å². The second-order valence-corrected chi connectivity index (χ2v) is 6.66. The van der Waals surface area contributed by atoms with E-state index in [1.54, 1.807) is 13.0 Å². The lowest BCUT2D eigenvalue weighted by Crippen LogP contribution is -2.25. The Kier molecular flexibility index (Phi) is 3.50. The van der Waals surface area contributed by atoms with E-state index in [4.69, 9.17) is 14.9 Å². The molecule has 1 aromatic carbocycles. The van der Waals surface area contributed by atoms with Crippen LogP contribution in [0.15, 0.2) is 16.5 Å². The Morgan fingerprint density at radius 1 is 1.43 bits per heavy atom. The molecule has 1 aromatic heterocycles. The molecule has 0 aliphatic carbocycles. The zero-order chi connectivity index (χ0) is 15.9. The fourth-order valence-corrected chi connectivity index (χ4v) is 2.56. The highest BCUT2D eigenvalue weighted by atomic mass is 32.2. The second-order valence-electron chi connectivity index (χ2n) is 4.64. The zero-order valence-electron chi connectivity index (χ0n) is 11.7. The summed E-state index contributed by atoms with van der Waals surface area (Å²) < 4.78 is 29.6. The number of furan rings is 1. The van der Waals surface area contributed by atoms with Crippen molar-refractivity contribution in [2.45, 2.75) is 6.92 Å². The van der Waals surface area contributed by atoms with Crippen molar-refractivity contribution in [3.63, 3.8) is 0 Å². The number of carboxylic acid groups (broad SMARTS) is 1. The third-order valence-electron chi connectivity index (χ3n) is 3.27. The van der Waals surface area contributed by atoms with Crippen LogP contribution in [-0.4, -0.2) is 39.0 Å². The van der Waals surface area contributed by atoms with E-state index >= 15 is 0 Å². The molecule has 0 fully saturated rings. The summed E-state index contributed by atoms with van der Waals surface area (Å²) in [5, 5.41) is 17.0. The Morgan fingerprint density at radius 3 is 2.52 bits per heavy atom. The minimum absolute atomic E-state index is 0.194. The Morgan fingerprint density at radius 2 is 2.05 bits per heavy atom. The van der Waals surface area contributed by atoms with Crippen molar-refractivity contribution in [2.24, 2.45) is 0 Å². The first-order valence-electron chi connectivity index (χ1n) is 5.91. The topological polar surface area (TPSA) is 112 Å². The van der Waals surface area contributed by atoms with E-state index in [2.05, 4.69) is 0 Å². The number of anilines is 1. The van der Waals surface area contributed by atoms with Crippen molar-refractivity contribution in [3.8, 4) is 0 Å². The van der Waals surface area contributed by atoms with Gasteiger partial charge in [0.05, 0.1) is 11.9 Å². The highest BCUT2D eigenvalue weighted by molar-refractivity contribution is 7.92. The SMILES string of the molecule is Cc1c(C(=O)O)oc2cc(N(C)S(C)(=O)=O)c(C=N)cc12. The van der Waals surface area contributed by atoms with Gasteiger partial charge in [0, 0.05) is 35.8 Å². The molecule has 8 heteroatoms. The molecule has 0 amide bonds. The number of nitrogens with zero attached hydrogens (tertiary/aromatic N) is 1. The van der Waals surface area contributed by atoms with Gasteiger partial charge in [-0.1, -0.05) is 0 Å². The molecule has 0 saturated carbocycles. The molecule has 0 radical (unpaired) electrons. The number of carboxylic acids is 1. The molecule has 7 nitrogen and oxygen atoms in total. The first-order valence-corrected chi connectivity index (χ1v) is 7.76. The predicted molar refractivity (Wildman–Crippen MR) is 79.0 cm³/mol. The highest BCUT2D eigenvalue weighted by Crippen LogP contribution is 2.32. The molecule has 0 aliphatic heterocycles. The molecule has 21 heavy (non-hydrogen) atoms. The van der Waals surface area contributed by atoms with Gasteiger partial charge >= 0.3 is 5.97 Å². The van der Waals surface area contributed by atoms with Crippen LogP contribution in [0.25, 0.3) is 11.0 Å². The van der Waals surface area contributed by atoms with E-state index in [1.165, 1.54) is 13.1 Å². The van der Waals surface area contributed by atoms with Crippen molar-refractivity contribution >= 4 is 38.9 Å². The summed E-state index contributed by atoms with van der Waals surface area (Å²) >= 11 is 0. The van der Waals surface area contributed by atoms with Gasteiger partial charge in [0.15, 0.2) is 0 Å². The smallest absolute Gasteiger partial charge is 0.372 e. The largest absolute Gasteiger partial charge is 0.475 e. The number of sulfonamides is 1. The summed E-state index contributed by atoms with van der Waals surface area (Å²) in [6.07, 6.45) is 2.06. The van der Waals surface area contributed by atoms with Crippen LogP contribution < -0.4 is 4.31 Å². The Bertz CT molecular complexity index is 851. The number of carbonyl (C=O) groups is 1. The van der Waals surface area contributed by atoms with E-state index in [-0.39, 0.29) is 17.0 Å². The molecule has 2 rings (SSSR count). The molecule has 2 aromatic rings. The summed E-state index contributed by atoms with van der Waals surface area (Å²) in [6, 6.07) is 2.97. The summed E-state index contributed by atoms with van der Waals surface area (Å²) in [7, 11) is -2.15. The second kappa shape index (κ2) is 4.88. The molecule has 0 aliphatic rings. The van der Waals surface area contributed by atoms with Gasteiger partial charge in [-0.2, -0.15) is 0 Å². The van der Waals surface area contributed by atoms with Crippen LogP contribution in [0.1, 0.15) is 21.7 Å². The molecule has 0 spiro atoms. The minimum Gasteiger partial charge on any atom is -0.475 e. The zero-order valence-corrected chi connectivity index (χ0v) is 12.5. The van der Waals surface area contributed by atoms with Gasteiger partial charge in [-0.3, -0.25) is 4.31 Å². The van der Waals surface area contributed by atoms with Gasteiger partial charge in [-0.15, -0.1) is 0 Å². The van der Waals surface area contributed by atoms with E-state index < -0.39 is 16.0 Å². The van der Waals surface area contributed by atoms with Gasteiger partial charge in [-0.05, 0) is 13.0 Å². The number of benzene rings is 1. The van der Waals surface area contributed by atoms with E-state index in [1.807, 2.05) is 0 Å². The van der Waals surface area contributed by atoms with Crippen LogP contribution in [0.5, 0.6) is 0 Å². The van der Waals surface area contributed by atoms with Crippen LogP contribution >= 0.6 is 0 Å². The molecule has 0 saturated heterocycles. The predicted octanol–water partition coefficient (Wildman–Crippen LogP) is 1.83. The van der Waals surface area contributed by atoms with Crippen LogP contribution in [0.4, 0.5) is 5.69 Å². The minimum atomic E-state index is -3.50. The van der Waals surface area contributed by atoms with E-state index in [0.717, 1.165) is 16.8 Å². The summed E-state index contributed by atoms with van der Waals surface area (Å²) in [4.78, 5) is 11.1. The maximum atomic E-state index is 11.6. The molecule has 0 atom stereocenters. The van der Waals surface area contributed by atoms with Crippen molar-refractivity contribution in [2.75, 3.05) is 17.6 Å².